The fraction of sp³-hybridized carbons (Fsp3) is 0.179. The Bertz CT molecular complexity index is 1590. The molecule has 0 unspecified atom stereocenters. The average molecular weight is 517 g/mol. The third-order valence-corrected chi connectivity index (χ3v) is 7.81. The van der Waals surface area contributed by atoms with Crippen LogP contribution < -0.4 is 9.64 Å². The lowest BCUT2D eigenvalue weighted by atomic mass is 9.94. The lowest BCUT2D eigenvalue weighted by molar-refractivity contribution is -0.132. The van der Waals surface area contributed by atoms with E-state index in [9.17, 15) is 14.7 Å². The zero-order valence-corrected chi connectivity index (χ0v) is 21.1. The number of amides is 1. The molecule has 6 rings (SSSR count). The second kappa shape index (κ2) is 8.47. The Hall–Kier alpha value is -3.68. The molecule has 1 aromatic heterocycles. The molecule has 2 atom stereocenters. The Morgan fingerprint density at radius 2 is 1.89 bits per heavy atom. The number of thiazole rings is 1. The molecule has 6 nitrogen and oxygen atoms in total. The molecule has 8 heteroatoms. The molecule has 0 spiro atoms. The summed E-state index contributed by atoms with van der Waals surface area (Å²) in [5.74, 6) is -0.952. The normalized spacial score (nSPS) is 20.7. The van der Waals surface area contributed by atoms with Crippen LogP contribution >= 0.6 is 22.9 Å². The fourth-order valence-corrected chi connectivity index (χ4v) is 6.05. The maximum absolute atomic E-state index is 13.4. The van der Waals surface area contributed by atoms with Crippen molar-refractivity contribution in [2.75, 3.05) is 4.90 Å². The third kappa shape index (κ3) is 3.67. The van der Waals surface area contributed by atoms with Gasteiger partial charge >= 0.3 is 5.91 Å². The number of rotatable bonds is 3. The number of Topliss-reactive ketones (excluding diaryl/α,β-unsaturated/α-hetero) is 1. The Morgan fingerprint density at radius 1 is 1.11 bits per heavy atom. The van der Waals surface area contributed by atoms with Crippen LogP contribution in [0.4, 0.5) is 5.13 Å². The van der Waals surface area contributed by atoms with Gasteiger partial charge in [0.05, 0.1) is 21.8 Å². The van der Waals surface area contributed by atoms with Gasteiger partial charge in [-0.25, -0.2) is 4.98 Å². The van der Waals surface area contributed by atoms with Crippen LogP contribution in [0, 0.1) is 6.92 Å². The lowest BCUT2D eigenvalue weighted by Gasteiger charge is -2.23. The molecule has 2 aliphatic rings. The van der Waals surface area contributed by atoms with Crippen LogP contribution in [0.15, 0.2) is 66.2 Å². The van der Waals surface area contributed by atoms with E-state index >= 15 is 0 Å². The number of aryl methyl sites for hydroxylation is 1. The summed E-state index contributed by atoms with van der Waals surface area (Å²) in [6.45, 7) is 3.96. The van der Waals surface area contributed by atoms with E-state index in [4.69, 9.17) is 16.3 Å². The predicted molar refractivity (Wildman–Crippen MR) is 141 cm³/mol. The summed E-state index contributed by atoms with van der Waals surface area (Å²) in [5.41, 5.74) is 3.89. The molecule has 3 aromatic carbocycles. The predicted octanol–water partition coefficient (Wildman–Crippen LogP) is 6.21. The minimum atomic E-state index is -0.854. The van der Waals surface area contributed by atoms with Crippen LogP contribution in [0.2, 0.25) is 5.02 Å². The number of carbonyl (C=O) groups excluding carboxylic acids is 2. The average Bonchev–Trinajstić information content (AvgIpc) is 3.51. The monoisotopic (exact) mass is 516 g/mol. The van der Waals surface area contributed by atoms with E-state index in [1.165, 1.54) is 16.2 Å². The lowest BCUT2D eigenvalue weighted by Crippen LogP contribution is -2.29. The molecule has 180 valence electrons. The SMILES string of the molecule is Cc1ccc2nc(N3C(=O)C(=O)/C(=C(/O)c4ccc5c(c4)C[C@H](C)O5)[C@@H]3c3ccc(Cl)cc3)sc2c1. The molecular formula is C28H21ClN2O4S. The molecule has 0 saturated carbocycles. The van der Waals surface area contributed by atoms with Crippen molar-refractivity contribution in [2.24, 2.45) is 0 Å². The number of anilines is 1. The van der Waals surface area contributed by atoms with Crippen molar-refractivity contribution < 1.29 is 19.4 Å². The largest absolute Gasteiger partial charge is 0.507 e. The van der Waals surface area contributed by atoms with Crippen molar-refractivity contribution in [2.45, 2.75) is 32.4 Å². The minimum absolute atomic E-state index is 0.0182. The first-order valence-corrected chi connectivity index (χ1v) is 12.7. The number of carbonyl (C=O) groups is 2. The van der Waals surface area contributed by atoms with E-state index < -0.39 is 17.7 Å². The minimum Gasteiger partial charge on any atom is -0.507 e. The fourth-order valence-electron chi connectivity index (χ4n) is 4.84. The highest BCUT2D eigenvalue weighted by atomic mass is 35.5. The number of hydrogen-bond acceptors (Lipinski definition) is 6. The number of fused-ring (bicyclic) bond motifs is 2. The molecular weight excluding hydrogens is 496 g/mol. The number of aliphatic hydroxyl groups excluding tert-OH is 1. The van der Waals surface area contributed by atoms with Crippen molar-refractivity contribution in [1.29, 1.82) is 0 Å². The van der Waals surface area contributed by atoms with E-state index in [0.717, 1.165) is 27.1 Å². The van der Waals surface area contributed by atoms with Crippen LogP contribution in [0.3, 0.4) is 0 Å². The topological polar surface area (TPSA) is 79.7 Å². The molecule has 1 saturated heterocycles. The van der Waals surface area contributed by atoms with Gasteiger partial charge in [0.1, 0.15) is 17.6 Å². The van der Waals surface area contributed by atoms with Gasteiger partial charge in [-0.05, 0) is 73.0 Å². The van der Waals surface area contributed by atoms with Crippen molar-refractivity contribution in [3.05, 3.63) is 93.5 Å². The molecule has 36 heavy (non-hydrogen) atoms. The van der Waals surface area contributed by atoms with E-state index in [2.05, 4.69) is 4.98 Å². The maximum Gasteiger partial charge on any atom is 0.301 e. The van der Waals surface area contributed by atoms with E-state index in [1.807, 2.05) is 38.1 Å². The number of nitrogens with zero attached hydrogens (tertiary/aromatic N) is 2. The number of halogens is 1. The van der Waals surface area contributed by atoms with Gasteiger partial charge in [-0.1, -0.05) is 41.1 Å². The number of hydrogen-bond donors (Lipinski definition) is 1. The van der Waals surface area contributed by atoms with Crippen LogP contribution in [-0.4, -0.2) is 27.9 Å². The van der Waals surface area contributed by atoms with Gasteiger partial charge < -0.3 is 9.84 Å². The van der Waals surface area contributed by atoms with Crippen LogP contribution in [-0.2, 0) is 16.0 Å². The van der Waals surface area contributed by atoms with Gasteiger partial charge in [-0.15, -0.1) is 0 Å². The second-order valence-electron chi connectivity index (χ2n) is 9.14. The molecule has 2 aliphatic heterocycles. The highest BCUT2D eigenvalue weighted by Gasteiger charge is 2.48. The Kier molecular flexibility index (Phi) is 5.35. The third-order valence-electron chi connectivity index (χ3n) is 6.54. The van der Waals surface area contributed by atoms with Gasteiger partial charge in [0.25, 0.3) is 5.78 Å². The van der Waals surface area contributed by atoms with Crippen LogP contribution in [0.5, 0.6) is 5.75 Å². The number of aromatic nitrogens is 1. The summed E-state index contributed by atoms with van der Waals surface area (Å²) in [4.78, 5) is 32.9. The molecule has 3 heterocycles. The van der Waals surface area contributed by atoms with Crippen molar-refractivity contribution in [1.82, 2.24) is 4.98 Å². The molecule has 1 amide bonds. The summed E-state index contributed by atoms with van der Waals surface area (Å²) >= 11 is 7.46. The van der Waals surface area contributed by atoms with Crippen molar-refractivity contribution in [3.63, 3.8) is 0 Å². The highest BCUT2D eigenvalue weighted by Crippen LogP contribution is 2.45. The molecule has 0 radical (unpaired) electrons. The smallest absolute Gasteiger partial charge is 0.301 e. The van der Waals surface area contributed by atoms with E-state index in [1.54, 1.807) is 36.4 Å². The maximum atomic E-state index is 13.4. The summed E-state index contributed by atoms with van der Waals surface area (Å²) in [6.07, 6.45) is 0.746. The summed E-state index contributed by atoms with van der Waals surface area (Å²) in [7, 11) is 0. The van der Waals surface area contributed by atoms with Gasteiger partial charge in [-0.2, -0.15) is 0 Å². The van der Waals surface area contributed by atoms with Crippen LogP contribution in [0.25, 0.3) is 16.0 Å². The summed E-state index contributed by atoms with van der Waals surface area (Å²) < 4.78 is 6.68. The van der Waals surface area contributed by atoms with Crippen molar-refractivity contribution >= 4 is 55.7 Å². The second-order valence-corrected chi connectivity index (χ2v) is 10.6. The van der Waals surface area contributed by atoms with Gasteiger partial charge in [0.2, 0.25) is 0 Å². The Balaban J connectivity index is 1.53. The van der Waals surface area contributed by atoms with Gasteiger partial charge in [-0.3, -0.25) is 14.5 Å². The number of ether oxygens (including phenoxy) is 1. The first kappa shape index (κ1) is 22.8. The zero-order chi connectivity index (χ0) is 25.1. The highest BCUT2D eigenvalue weighted by molar-refractivity contribution is 7.22. The van der Waals surface area contributed by atoms with Crippen LogP contribution in [0.1, 0.15) is 35.2 Å². The molecule has 0 bridgehead atoms. The van der Waals surface area contributed by atoms with Gasteiger partial charge in [0.15, 0.2) is 5.13 Å². The summed E-state index contributed by atoms with van der Waals surface area (Å²) in [6, 6.07) is 17.2. The Morgan fingerprint density at radius 3 is 2.67 bits per heavy atom. The van der Waals surface area contributed by atoms with Crippen molar-refractivity contribution in [3.8, 4) is 5.75 Å². The number of benzene rings is 3. The van der Waals surface area contributed by atoms with E-state index in [-0.39, 0.29) is 17.4 Å². The number of aliphatic hydroxyl groups is 1. The first-order valence-electron chi connectivity index (χ1n) is 11.5. The van der Waals surface area contributed by atoms with Gasteiger partial charge in [0, 0.05) is 17.0 Å². The van der Waals surface area contributed by atoms with E-state index in [0.29, 0.717) is 27.7 Å². The zero-order valence-electron chi connectivity index (χ0n) is 19.5. The Labute approximate surface area is 216 Å². The molecule has 0 aliphatic carbocycles. The number of ketones is 1. The summed E-state index contributed by atoms with van der Waals surface area (Å²) in [5, 5.41) is 12.4. The molecule has 1 fully saturated rings. The quantitative estimate of drug-likeness (QED) is 0.199. The first-order chi connectivity index (χ1) is 17.3. The standard InChI is InChI=1S/C28H21ClN2O4S/c1-14-3-9-20-22(11-14)36-28(30-20)31-24(16-4-7-19(29)8-5-16)23(26(33)27(31)34)25(32)17-6-10-21-18(13-17)12-15(2)35-21/h3-11,13,15,24,32H,12H2,1-2H3/b25-23+/t15-,24-/m0/s1. The molecule has 4 aromatic rings. The molecule has 1 N–H and O–H groups in total.